The van der Waals surface area contributed by atoms with Gasteiger partial charge in [-0.05, 0) is 53.9 Å². The lowest BCUT2D eigenvalue weighted by molar-refractivity contribution is -0.130. The standard InChI is InChI=1S/C23H21NO3/c1-27-20-13-9-18(10-14-20)24-22(17-7-11-19(25)12-8-17)21(23(24)26)15-16-5-3-2-4-6-16/h2-14,21-22,25H,15H2,1H3/t21-,22-/m0/s1. The van der Waals surface area contributed by atoms with Crippen LogP contribution in [0.5, 0.6) is 11.5 Å². The average Bonchev–Trinajstić information content (AvgIpc) is 2.72. The fraction of sp³-hybridized carbons (Fsp3) is 0.174. The molecule has 1 aliphatic heterocycles. The van der Waals surface area contributed by atoms with Crippen molar-refractivity contribution in [1.29, 1.82) is 0 Å². The average molecular weight is 359 g/mol. The first kappa shape index (κ1) is 17.2. The summed E-state index contributed by atoms with van der Waals surface area (Å²) in [4.78, 5) is 14.8. The molecule has 0 bridgehead atoms. The van der Waals surface area contributed by atoms with Crippen molar-refractivity contribution in [2.24, 2.45) is 5.92 Å². The third-order valence-electron chi connectivity index (χ3n) is 5.10. The third-order valence-corrected chi connectivity index (χ3v) is 5.10. The number of benzene rings is 3. The van der Waals surface area contributed by atoms with Crippen LogP contribution in [0.1, 0.15) is 17.2 Å². The molecule has 4 heteroatoms. The number of β-lactam (4-membered cyclic amide) rings is 1. The number of hydrogen-bond donors (Lipinski definition) is 1. The van der Waals surface area contributed by atoms with Crippen LogP contribution in [0.4, 0.5) is 5.69 Å². The second-order valence-corrected chi connectivity index (χ2v) is 6.74. The zero-order valence-corrected chi connectivity index (χ0v) is 15.1. The number of aromatic hydroxyl groups is 1. The molecule has 0 spiro atoms. The van der Waals surface area contributed by atoms with E-state index >= 15 is 0 Å². The lowest BCUT2D eigenvalue weighted by Crippen LogP contribution is -2.56. The molecule has 1 fully saturated rings. The van der Waals surface area contributed by atoms with Gasteiger partial charge in [0.05, 0.1) is 19.1 Å². The molecular formula is C23H21NO3. The molecule has 0 aliphatic carbocycles. The van der Waals surface area contributed by atoms with Crippen molar-refractivity contribution in [3.63, 3.8) is 0 Å². The van der Waals surface area contributed by atoms with Crippen molar-refractivity contribution >= 4 is 11.6 Å². The minimum atomic E-state index is -0.126. The van der Waals surface area contributed by atoms with Gasteiger partial charge in [0, 0.05) is 5.69 Å². The van der Waals surface area contributed by atoms with Crippen LogP contribution in [-0.2, 0) is 11.2 Å². The Hall–Kier alpha value is -3.27. The zero-order valence-electron chi connectivity index (χ0n) is 15.1. The molecule has 1 heterocycles. The highest BCUT2D eigenvalue weighted by atomic mass is 16.5. The van der Waals surface area contributed by atoms with Crippen LogP contribution in [-0.4, -0.2) is 18.1 Å². The fourth-order valence-electron chi connectivity index (χ4n) is 3.70. The van der Waals surface area contributed by atoms with Crippen LogP contribution < -0.4 is 9.64 Å². The number of ether oxygens (including phenoxy) is 1. The number of rotatable bonds is 5. The Morgan fingerprint density at radius 1 is 0.926 bits per heavy atom. The van der Waals surface area contributed by atoms with Gasteiger partial charge in [0.1, 0.15) is 11.5 Å². The number of amides is 1. The number of phenolic OH excluding ortho intramolecular Hbond substituents is 1. The molecule has 1 N–H and O–H groups in total. The normalized spacial score (nSPS) is 18.9. The second kappa shape index (κ2) is 7.16. The zero-order chi connectivity index (χ0) is 18.8. The highest BCUT2D eigenvalue weighted by molar-refractivity contribution is 6.03. The van der Waals surface area contributed by atoms with Crippen LogP contribution in [0.3, 0.4) is 0 Å². The summed E-state index contributed by atoms with van der Waals surface area (Å²) in [7, 11) is 1.62. The van der Waals surface area contributed by atoms with E-state index in [2.05, 4.69) is 12.1 Å². The molecular weight excluding hydrogens is 338 g/mol. The molecule has 4 rings (SSSR count). The molecule has 136 valence electrons. The Morgan fingerprint density at radius 2 is 1.59 bits per heavy atom. The molecule has 1 saturated heterocycles. The van der Waals surface area contributed by atoms with Gasteiger partial charge in [-0.1, -0.05) is 42.5 Å². The number of anilines is 1. The Balaban J connectivity index is 1.67. The predicted molar refractivity (Wildman–Crippen MR) is 105 cm³/mol. The Kier molecular flexibility index (Phi) is 4.55. The number of carbonyl (C=O) groups is 1. The monoisotopic (exact) mass is 359 g/mol. The molecule has 4 nitrogen and oxygen atoms in total. The van der Waals surface area contributed by atoms with E-state index in [0.29, 0.717) is 6.42 Å². The van der Waals surface area contributed by atoms with Crippen LogP contribution >= 0.6 is 0 Å². The SMILES string of the molecule is COc1ccc(N2C(=O)[C@@H](Cc3ccccc3)[C@@H]2c2ccc(O)cc2)cc1. The molecule has 3 aromatic rings. The molecule has 0 unspecified atom stereocenters. The summed E-state index contributed by atoms with van der Waals surface area (Å²) in [6.45, 7) is 0. The minimum Gasteiger partial charge on any atom is -0.508 e. The third kappa shape index (κ3) is 3.26. The van der Waals surface area contributed by atoms with Crippen LogP contribution in [0.25, 0.3) is 0 Å². The molecule has 3 aromatic carbocycles. The van der Waals surface area contributed by atoms with E-state index in [0.717, 1.165) is 22.6 Å². The lowest BCUT2D eigenvalue weighted by atomic mass is 9.78. The first-order valence-electron chi connectivity index (χ1n) is 8.97. The smallest absolute Gasteiger partial charge is 0.233 e. The highest BCUT2D eigenvalue weighted by Gasteiger charge is 2.48. The van der Waals surface area contributed by atoms with E-state index in [1.165, 1.54) is 0 Å². The van der Waals surface area contributed by atoms with Gasteiger partial charge in [-0.25, -0.2) is 0 Å². The maximum atomic E-state index is 13.0. The fourth-order valence-corrected chi connectivity index (χ4v) is 3.70. The van der Waals surface area contributed by atoms with Crippen molar-refractivity contribution in [3.05, 3.63) is 90.0 Å². The van der Waals surface area contributed by atoms with Crippen molar-refractivity contribution in [1.82, 2.24) is 0 Å². The maximum Gasteiger partial charge on any atom is 0.233 e. The predicted octanol–water partition coefficient (Wildman–Crippen LogP) is 4.35. The Labute approximate surface area is 158 Å². The number of carbonyl (C=O) groups excluding carboxylic acids is 1. The van der Waals surface area contributed by atoms with E-state index < -0.39 is 0 Å². The summed E-state index contributed by atoms with van der Waals surface area (Å²) >= 11 is 0. The molecule has 0 saturated carbocycles. The largest absolute Gasteiger partial charge is 0.508 e. The minimum absolute atomic E-state index is 0.0632. The van der Waals surface area contributed by atoms with Crippen molar-refractivity contribution in [3.8, 4) is 11.5 Å². The van der Waals surface area contributed by atoms with Gasteiger partial charge in [-0.15, -0.1) is 0 Å². The second-order valence-electron chi connectivity index (χ2n) is 6.74. The van der Waals surface area contributed by atoms with Crippen molar-refractivity contribution < 1.29 is 14.6 Å². The van der Waals surface area contributed by atoms with E-state index in [1.807, 2.05) is 59.5 Å². The topological polar surface area (TPSA) is 49.8 Å². The summed E-state index contributed by atoms with van der Waals surface area (Å²) < 4.78 is 5.22. The molecule has 27 heavy (non-hydrogen) atoms. The number of nitrogens with zero attached hydrogens (tertiary/aromatic N) is 1. The van der Waals surface area contributed by atoms with Gasteiger partial charge >= 0.3 is 0 Å². The van der Waals surface area contributed by atoms with Crippen LogP contribution in [0.2, 0.25) is 0 Å². The van der Waals surface area contributed by atoms with Crippen LogP contribution in [0, 0.1) is 5.92 Å². The molecule has 2 atom stereocenters. The van der Waals surface area contributed by atoms with Gasteiger partial charge in [0.2, 0.25) is 5.91 Å². The Bertz CT molecular complexity index is 920. The first-order valence-corrected chi connectivity index (χ1v) is 8.97. The summed E-state index contributed by atoms with van der Waals surface area (Å²) in [5.41, 5.74) is 3.02. The maximum absolute atomic E-state index is 13.0. The van der Waals surface area contributed by atoms with Gasteiger partial charge in [0.25, 0.3) is 0 Å². The lowest BCUT2D eigenvalue weighted by Gasteiger charge is -2.47. The number of hydrogen-bond acceptors (Lipinski definition) is 3. The molecule has 0 radical (unpaired) electrons. The van der Waals surface area contributed by atoms with E-state index in [9.17, 15) is 9.90 Å². The molecule has 0 aromatic heterocycles. The van der Waals surface area contributed by atoms with E-state index in [-0.39, 0.29) is 23.6 Å². The highest BCUT2D eigenvalue weighted by Crippen LogP contribution is 2.45. The summed E-state index contributed by atoms with van der Waals surface area (Å²) in [6.07, 6.45) is 0.692. The Morgan fingerprint density at radius 3 is 2.22 bits per heavy atom. The van der Waals surface area contributed by atoms with E-state index in [1.54, 1.807) is 19.2 Å². The van der Waals surface area contributed by atoms with Gasteiger partial charge in [-0.3, -0.25) is 4.79 Å². The summed E-state index contributed by atoms with van der Waals surface area (Å²) in [5.74, 6) is 0.967. The summed E-state index contributed by atoms with van der Waals surface area (Å²) in [6, 6.07) is 24.7. The number of phenols is 1. The van der Waals surface area contributed by atoms with Crippen LogP contribution in [0.15, 0.2) is 78.9 Å². The van der Waals surface area contributed by atoms with Gasteiger partial charge in [-0.2, -0.15) is 0 Å². The quantitative estimate of drug-likeness (QED) is 0.689. The first-order chi connectivity index (χ1) is 13.2. The molecule has 1 aliphatic rings. The summed E-state index contributed by atoms with van der Waals surface area (Å²) in [5, 5.41) is 9.63. The van der Waals surface area contributed by atoms with Crippen molar-refractivity contribution in [2.45, 2.75) is 12.5 Å². The van der Waals surface area contributed by atoms with Crippen molar-refractivity contribution in [2.75, 3.05) is 12.0 Å². The molecule has 1 amide bonds. The number of methoxy groups -OCH3 is 1. The van der Waals surface area contributed by atoms with Gasteiger partial charge in [0.15, 0.2) is 0 Å². The van der Waals surface area contributed by atoms with E-state index in [4.69, 9.17) is 4.74 Å². The van der Waals surface area contributed by atoms with Gasteiger partial charge < -0.3 is 14.7 Å².